The summed E-state index contributed by atoms with van der Waals surface area (Å²) in [5, 5.41) is 8.60. The zero-order valence-electron chi connectivity index (χ0n) is 13.1. The first-order valence-electron chi connectivity index (χ1n) is 7.27. The largest absolute Gasteiger partial charge is 0.326 e. The molecule has 2 aromatic rings. The Hall–Kier alpha value is -2.47. The van der Waals surface area contributed by atoms with Crippen LogP contribution in [0, 0.1) is 13.8 Å². The summed E-state index contributed by atoms with van der Waals surface area (Å²) in [6.07, 6.45) is 1.80. The van der Waals surface area contributed by atoms with E-state index >= 15 is 0 Å². The van der Waals surface area contributed by atoms with Crippen LogP contribution in [-0.2, 0) is 9.59 Å². The minimum atomic E-state index is -0.284. The molecule has 0 radical (unpaired) electrons. The molecule has 2 N–H and O–H groups in total. The van der Waals surface area contributed by atoms with Crippen molar-refractivity contribution >= 4 is 35.1 Å². The molecule has 2 amide bonds. The molecule has 1 heterocycles. The van der Waals surface area contributed by atoms with Gasteiger partial charge in [0.25, 0.3) is 0 Å². The summed E-state index contributed by atoms with van der Waals surface area (Å²) in [4.78, 5) is 24.5. The molecule has 0 unspecified atom stereocenters. The number of hydrogen-bond acceptors (Lipinski definition) is 4. The molecule has 0 spiro atoms. The van der Waals surface area contributed by atoms with Gasteiger partial charge in [-0.05, 0) is 36.9 Å². The van der Waals surface area contributed by atoms with Gasteiger partial charge in [-0.2, -0.15) is 5.10 Å². The van der Waals surface area contributed by atoms with Crippen LogP contribution in [0.3, 0.4) is 0 Å². The lowest BCUT2D eigenvalue weighted by Gasteiger charge is -2.08. The molecule has 6 heteroatoms. The van der Waals surface area contributed by atoms with Crippen molar-refractivity contribution in [2.75, 3.05) is 5.32 Å². The number of amides is 2. The number of rotatable bonds is 6. The van der Waals surface area contributed by atoms with E-state index in [2.05, 4.69) is 15.8 Å². The third-order valence-electron chi connectivity index (χ3n) is 3.16. The minimum absolute atomic E-state index is 0.0958. The van der Waals surface area contributed by atoms with Crippen molar-refractivity contribution in [3.63, 3.8) is 0 Å². The zero-order valence-corrected chi connectivity index (χ0v) is 13.9. The number of carbonyl (C=O) groups excluding carboxylic acids is 2. The van der Waals surface area contributed by atoms with E-state index in [0.29, 0.717) is 0 Å². The lowest BCUT2D eigenvalue weighted by atomic mass is 10.1. The van der Waals surface area contributed by atoms with Crippen molar-refractivity contribution in [2.24, 2.45) is 5.10 Å². The number of nitrogens with one attached hydrogen (secondary N) is 2. The normalized spacial score (nSPS) is 10.7. The fourth-order valence-electron chi connectivity index (χ4n) is 1.98. The maximum absolute atomic E-state index is 11.9. The molecule has 0 fully saturated rings. The predicted octanol–water partition coefficient (Wildman–Crippen LogP) is 3.23. The molecule has 5 nitrogen and oxygen atoms in total. The topological polar surface area (TPSA) is 70.6 Å². The van der Waals surface area contributed by atoms with E-state index in [1.165, 1.54) is 11.3 Å². The lowest BCUT2D eigenvalue weighted by Crippen LogP contribution is -2.20. The summed E-state index contributed by atoms with van der Waals surface area (Å²) in [6, 6.07) is 9.62. The Balaban J connectivity index is 1.74. The first-order chi connectivity index (χ1) is 11.0. The Morgan fingerprint density at radius 2 is 1.96 bits per heavy atom. The van der Waals surface area contributed by atoms with Gasteiger partial charge in [0.05, 0.1) is 6.21 Å². The van der Waals surface area contributed by atoms with E-state index in [-0.39, 0.29) is 24.7 Å². The molecule has 0 aliphatic heterocycles. The summed E-state index contributed by atoms with van der Waals surface area (Å²) in [6.45, 7) is 3.94. The molecule has 0 aliphatic rings. The van der Waals surface area contributed by atoms with Gasteiger partial charge in [0.15, 0.2) is 0 Å². The van der Waals surface area contributed by atoms with Crippen molar-refractivity contribution in [3.8, 4) is 0 Å². The Bertz CT molecular complexity index is 709. The maximum Gasteiger partial charge on any atom is 0.240 e. The third kappa shape index (κ3) is 5.67. The van der Waals surface area contributed by atoms with Crippen molar-refractivity contribution < 1.29 is 9.59 Å². The van der Waals surface area contributed by atoms with Crippen molar-refractivity contribution in [1.29, 1.82) is 0 Å². The third-order valence-corrected chi connectivity index (χ3v) is 3.97. The highest BCUT2D eigenvalue weighted by Crippen LogP contribution is 2.16. The van der Waals surface area contributed by atoms with Gasteiger partial charge >= 0.3 is 0 Å². The average molecular weight is 329 g/mol. The van der Waals surface area contributed by atoms with Gasteiger partial charge < -0.3 is 5.32 Å². The van der Waals surface area contributed by atoms with Gasteiger partial charge in [0, 0.05) is 23.4 Å². The van der Waals surface area contributed by atoms with Crippen LogP contribution in [0.5, 0.6) is 0 Å². The molecule has 1 aromatic heterocycles. The van der Waals surface area contributed by atoms with Crippen LogP contribution < -0.4 is 10.7 Å². The molecule has 1 aromatic carbocycles. The number of hydrazone groups is 1. The fourth-order valence-corrected chi connectivity index (χ4v) is 2.57. The van der Waals surface area contributed by atoms with E-state index in [1.54, 1.807) is 6.21 Å². The Morgan fingerprint density at radius 1 is 1.17 bits per heavy atom. The highest BCUT2D eigenvalue weighted by molar-refractivity contribution is 7.11. The highest BCUT2D eigenvalue weighted by Gasteiger charge is 2.08. The summed E-state index contributed by atoms with van der Waals surface area (Å²) < 4.78 is 0. The van der Waals surface area contributed by atoms with Gasteiger partial charge in [-0.15, -0.1) is 11.3 Å². The van der Waals surface area contributed by atoms with Crippen LogP contribution in [0.15, 0.2) is 40.8 Å². The zero-order chi connectivity index (χ0) is 16.7. The first kappa shape index (κ1) is 16.9. The van der Waals surface area contributed by atoms with Crippen LogP contribution in [0.2, 0.25) is 0 Å². The van der Waals surface area contributed by atoms with E-state index in [9.17, 15) is 9.59 Å². The van der Waals surface area contributed by atoms with Gasteiger partial charge in [-0.25, -0.2) is 5.43 Å². The molecular formula is C17H19N3O2S. The van der Waals surface area contributed by atoms with Crippen LogP contribution >= 0.6 is 11.3 Å². The Labute approximate surface area is 139 Å². The summed E-state index contributed by atoms with van der Waals surface area (Å²) in [7, 11) is 0. The molecule has 0 bridgehead atoms. The Morgan fingerprint density at radius 3 is 2.65 bits per heavy atom. The SMILES string of the molecule is Cc1ccc(NC(=O)CCC(=O)N/N=C\c2cccs2)c(C)c1. The Kier molecular flexibility index (Phi) is 6.05. The minimum Gasteiger partial charge on any atom is -0.326 e. The quantitative estimate of drug-likeness (QED) is 0.631. The molecule has 0 aliphatic carbocycles. The fraction of sp³-hybridized carbons (Fsp3) is 0.235. The number of carbonyl (C=O) groups is 2. The van der Waals surface area contributed by atoms with E-state index in [4.69, 9.17) is 0 Å². The van der Waals surface area contributed by atoms with Crippen LogP contribution in [0.1, 0.15) is 28.8 Å². The van der Waals surface area contributed by atoms with Gasteiger partial charge in [0.1, 0.15) is 0 Å². The van der Waals surface area contributed by atoms with Crippen LogP contribution in [0.25, 0.3) is 0 Å². The van der Waals surface area contributed by atoms with E-state index in [0.717, 1.165) is 21.7 Å². The molecular weight excluding hydrogens is 310 g/mol. The smallest absolute Gasteiger partial charge is 0.240 e. The second-order valence-corrected chi connectivity index (χ2v) is 6.15. The number of hydrogen-bond donors (Lipinski definition) is 2. The molecule has 23 heavy (non-hydrogen) atoms. The number of benzene rings is 1. The van der Waals surface area contributed by atoms with Crippen molar-refractivity contribution in [1.82, 2.24) is 5.43 Å². The number of anilines is 1. The summed E-state index contributed by atoms with van der Waals surface area (Å²) in [5.41, 5.74) is 5.34. The maximum atomic E-state index is 11.9. The van der Waals surface area contributed by atoms with Crippen molar-refractivity contribution in [3.05, 3.63) is 51.7 Å². The monoisotopic (exact) mass is 329 g/mol. The van der Waals surface area contributed by atoms with Crippen LogP contribution in [0.4, 0.5) is 5.69 Å². The number of thiophene rings is 1. The average Bonchev–Trinajstić information content (AvgIpc) is 3.01. The molecule has 0 saturated heterocycles. The molecule has 120 valence electrons. The van der Waals surface area contributed by atoms with E-state index < -0.39 is 0 Å². The number of nitrogens with zero attached hydrogens (tertiary/aromatic N) is 1. The molecule has 2 rings (SSSR count). The standard InChI is InChI=1S/C17H19N3O2S/c1-12-5-6-15(13(2)10-12)19-16(21)7-8-17(22)20-18-11-14-4-3-9-23-14/h3-6,9-11H,7-8H2,1-2H3,(H,19,21)(H,20,22)/b18-11-. The molecule has 0 saturated carbocycles. The second kappa shape index (κ2) is 8.24. The molecule has 0 atom stereocenters. The summed E-state index contributed by atoms with van der Waals surface area (Å²) >= 11 is 1.53. The first-order valence-corrected chi connectivity index (χ1v) is 8.15. The van der Waals surface area contributed by atoms with Gasteiger partial charge in [-0.3, -0.25) is 9.59 Å². The van der Waals surface area contributed by atoms with Crippen LogP contribution in [-0.4, -0.2) is 18.0 Å². The highest BCUT2D eigenvalue weighted by atomic mass is 32.1. The predicted molar refractivity (Wildman–Crippen MR) is 93.8 cm³/mol. The lowest BCUT2D eigenvalue weighted by molar-refractivity contribution is -0.124. The van der Waals surface area contributed by atoms with Crippen molar-refractivity contribution in [2.45, 2.75) is 26.7 Å². The number of aryl methyl sites for hydroxylation is 2. The van der Waals surface area contributed by atoms with E-state index in [1.807, 2.05) is 49.6 Å². The second-order valence-electron chi connectivity index (χ2n) is 5.18. The van der Waals surface area contributed by atoms with Gasteiger partial charge in [-0.1, -0.05) is 23.8 Å². The van der Waals surface area contributed by atoms with Gasteiger partial charge in [0.2, 0.25) is 11.8 Å². The summed E-state index contributed by atoms with van der Waals surface area (Å²) in [5.74, 6) is -0.470.